The van der Waals surface area contributed by atoms with Crippen molar-refractivity contribution in [2.75, 3.05) is 0 Å². The zero-order valence-corrected chi connectivity index (χ0v) is 12.7. The molecule has 0 amide bonds. The Hall–Kier alpha value is -3.08. The highest BCUT2D eigenvalue weighted by Gasteiger charge is 2.13. The standard InChI is InChI=1S/C23H16/c1-2-8-18(9-3-1)14-17-23-21-12-6-4-10-19(21)15-16-20-11-5-7-13-22(20)23/h1-16H. The van der Waals surface area contributed by atoms with E-state index in [4.69, 9.17) is 0 Å². The molecule has 4 rings (SSSR count). The van der Waals surface area contributed by atoms with Crippen LogP contribution in [0, 0.1) is 0 Å². The Morgan fingerprint density at radius 2 is 1.09 bits per heavy atom. The van der Waals surface area contributed by atoms with Gasteiger partial charge >= 0.3 is 0 Å². The Kier molecular flexibility index (Phi) is 3.52. The van der Waals surface area contributed by atoms with E-state index >= 15 is 0 Å². The monoisotopic (exact) mass is 292 g/mol. The summed E-state index contributed by atoms with van der Waals surface area (Å²) in [6.07, 6.45) is 6.44. The predicted molar refractivity (Wildman–Crippen MR) is 98.7 cm³/mol. The summed E-state index contributed by atoms with van der Waals surface area (Å²) in [4.78, 5) is 0. The molecule has 0 unspecified atom stereocenters. The van der Waals surface area contributed by atoms with E-state index in [1.165, 1.54) is 22.3 Å². The van der Waals surface area contributed by atoms with Gasteiger partial charge in [-0.25, -0.2) is 0 Å². The van der Waals surface area contributed by atoms with Crippen molar-refractivity contribution < 1.29 is 0 Å². The molecule has 0 atom stereocenters. The van der Waals surface area contributed by atoms with Crippen molar-refractivity contribution >= 4 is 23.8 Å². The van der Waals surface area contributed by atoms with Gasteiger partial charge < -0.3 is 0 Å². The second-order valence-corrected chi connectivity index (χ2v) is 5.58. The van der Waals surface area contributed by atoms with Gasteiger partial charge in [0.2, 0.25) is 0 Å². The maximum Gasteiger partial charge on any atom is 0.0321 e. The van der Waals surface area contributed by atoms with Crippen LogP contribution >= 0.6 is 0 Å². The highest BCUT2D eigenvalue weighted by Crippen LogP contribution is 2.33. The zero-order valence-electron chi connectivity index (χ0n) is 12.7. The SMILES string of the molecule is C(=Cc1ccccc1)=C1c2ccccc2C=Cc2ccccc21. The van der Waals surface area contributed by atoms with Gasteiger partial charge in [-0.1, -0.05) is 91.0 Å². The summed E-state index contributed by atoms with van der Waals surface area (Å²) >= 11 is 0. The minimum absolute atomic E-state index is 1.14. The molecule has 0 bridgehead atoms. The third-order valence-electron chi connectivity index (χ3n) is 4.09. The first-order valence-corrected chi connectivity index (χ1v) is 7.80. The van der Waals surface area contributed by atoms with Crippen LogP contribution in [0.2, 0.25) is 0 Å². The van der Waals surface area contributed by atoms with Crippen LogP contribution in [0.3, 0.4) is 0 Å². The summed E-state index contributed by atoms with van der Waals surface area (Å²) in [6, 6.07) is 27.3. The van der Waals surface area contributed by atoms with Crippen LogP contribution in [0.5, 0.6) is 0 Å². The van der Waals surface area contributed by atoms with E-state index in [-0.39, 0.29) is 0 Å². The number of hydrogen-bond donors (Lipinski definition) is 0. The lowest BCUT2D eigenvalue weighted by molar-refractivity contribution is 1.53. The topological polar surface area (TPSA) is 0 Å². The van der Waals surface area contributed by atoms with E-state index < -0.39 is 0 Å². The summed E-state index contributed by atoms with van der Waals surface area (Å²) < 4.78 is 0. The molecule has 0 aliphatic heterocycles. The van der Waals surface area contributed by atoms with Crippen LogP contribution in [0.4, 0.5) is 0 Å². The first-order valence-electron chi connectivity index (χ1n) is 7.80. The molecule has 1 aliphatic carbocycles. The Labute approximate surface area is 136 Å². The van der Waals surface area contributed by atoms with Crippen LogP contribution in [0.1, 0.15) is 27.8 Å². The van der Waals surface area contributed by atoms with Crippen molar-refractivity contribution in [3.8, 4) is 0 Å². The normalized spacial score (nSPS) is 11.9. The first kappa shape index (κ1) is 13.6. The van der Waals surface area contributed by atoms with E-state index in [1.54, 1.807) is 0 Å². The quantitative estimate of drug-likeness (QED) is 0.382. The number of benzene rings is 3. The van der Waals surface area contributed by atoms with Gasteiger partial charge in [-0.3, -0.25) is 0 Å². The number of hydrogen-bond acceptors (Lipinski definition) is 0. The maximum absolute atomic E-state index is 3.54. The third kappa shape index (κ3) is 2.68. The van der Waals surface area contributed by atoms with Crippen molar-refractivity contribution in [3.05, 3.63) is 112 Å². The largest absolute Gasteiger partial charge is 0.111 e. The highest BCUT2D eigenvalue weighted by atomic mass is 14.2. The Morgan fingerprint density at radius 1 is 0.565 bits per heavy atom. The summed E-state index contributed by atoms with van der Waals surface area (Å²) in [7, 11) is 0. The van der Waals surface area contributed by atoms with Crippen LogP contribution in [0.15, 0.2) is 84.6 Å². The molecule has 0 fully saturated rings. The van der Waals surface area contributed by atoms with Gasteiger partial charge in [0, 0.05) is 5.57 Å². The summed E-state index contributed by atoms with van der Waals surface area (Å²) in [5.41, 5.74) is 10.7. The fourth-order valence-corrected chi connectivity index (χ4v) is 2.92. The highest BCUT2D eigenvalue weighted by molar-refractivity contribution is 5.94. The fraction of sp³-hybridized carbons (Fsp3) is 0. The van der Waals surface area contributed by atoms with Crippen molar-refractivity contribution in [1.29, 1.82) is 0 Å². The van der Waals surface area contributed by atoms with Crippen LogP contribution in [0.25, 0.3) is 23.8 Å². The molecular weight excluding hydrogens is 276 g/mol. The van der Waals surface area contributed by atoms with E-state index in [0.717, 1.165) is 11.1 Å². The fourth-order valence-electron chi connectivity index (χ4n) is 2.92. The van der Waals surface area contributed by atoms with Gasteiger partial charge in [-0.05, 0) is 33.9 Å². The minimum Gasteiger partial charge on any atom is -0.111 e. The molecule has 0 saturated heterocycles. The molecule has 23 heavy (non-hydrogen) atoms. The summed E-state index contributed by atoms with van der Waals surface area (Å²) in [5, 5.41) is 0. The van der Waals surface area contributed by atoms with E-state index in [1.807, 2.05) is 6.07 Å². The van der Waals surface area contributed by atoms with Crippen LogP contribution in [-0.4, -0.2) is 0 Å². The van der Waals surface area contributed by atoms with Crippen molar-refractivity contribution in [1.82, 2.24) is 0 Å². The Balaban J connectivity index is 1.98. The average Bonchev–Trinajstić information content (AvgIpc) is 2.78. The second kappa shape index (κ2) is 5.96. The molecule has 0 heterocycles. The van der Waals surface area contributed by atoms with Crippen molar-refractivity contribution in [2.24, 2.45) is 0 Å². The molecular formula is C23H16. The lowest BCUT2D eigenvalue weighted by Gasteiger charge is -2.09. The van der Waals surface area contributed by atoms with Gasteiger partial charge in [0.15, 0.2) is 0 Å². The van der Waals surface area contributed by atoms with Gasteiger partial charge in [0.1, 0.15) is 0 Å². The molecule has 0 heteroatoms. The Morgan fingerprint density at radius 3 is 1.70 bits per heavy atom. The third-order valence-corrected chi connectivity index (χ3v) is 4.09. The predicted octanol–water partition coefficient (Wildman–Crippen LogP) is 5.91. The molecule has 3 aromatic carbocycles. The number of fused-ring (bicyclic) bond motifs is 2. The molecule has 0 aromatic heterocycles. The molecule has 0 saturated carbocycles. The van der Waals surface area contributed by atoms with Gasteiger partial charge in [0.25, 0.3) is 0 Å². The van der Waals surface area contributed by atoms with E-state index in [2.05, 4.69) is 96.8 Å². The average molecular weight is 292 g/mol. The minimum atomic E-state index is 1.14. The number of rotatable bonds is 1. The molecule has 0 spiro atoms. The van der Waals surface area contributed by atoms with Crippen molar-refractivity contribution in [3.63, 3.8) is 0 Å². The van der Waals surface area contributed by atoms with E-state index in [9.17, 15) is 0 Å². The summed E-state index contributed by atoms with van der Waals surface area (Å²) in [6.45, 7) is 0. The first-order chi connectivity index (χ1) is 11.4. The van der Waals surface area contributed by atoms with Crippen LogP contribution < -0.4 is 0 Å². The van der Waals surface area contributed by atoms with Gasteiger partial charge in [0.05, 0.1) is 0 Å². The molecule has 0 N–H and O–H groups in total. The summed E-state index contributed by atoms with van der Waals surface area (Å²) in [5.74, 6) is 0. The van der Waals surface area contributed by atoms with Gasteiger partial charge in [-0.15, -0.1) is 5.73 Å². The van der Waals surface area contributed by atoms with E-state index in [0.29, 0.717) is 0 Å². The smallest absolute Gasteiger partial charge is 0.0321 e. The zero-order chi connectivity index (χ0) is 15.5. The molecule has 108 valence electrons. The molecule has 3 aromatic rings. The maximum atomic E-state index is 3.54. The molecule has 1 aliphatic rings. The molecule has 0 radical (unpaired) electrons. The second-order valence-electron chi connectivity index (χ2n) is 5.58. The lowest BCUT2D eigenvalue weighted by atomic mass is 9.94. The van der Waals surface area contributed by atoms with Crippen LogP contribution in [-0.2, 0) is 0 Å². The van der Waals surface area contributed by atoms with Crippen molar-refractivity contribution in [2.45, 2.75) is 0 Å². The molecule has 0 nitrogen and oxygen atoms in total. The Bertz CT molecular complexity index is 885. The van der Waals surface area contributed by atoms with Gasteiger partial charge in [-0.2, -0.15) is 0 Å². The lowest BCUT2D eigenvalue weighted by Crippen LogP contribution is -1.90.